The van der Waals surface area contributed by atoms with Gasteiger partial charge < -0.3 is 9.47 Å². The van der Waals surface area contributed by atoms with Crippen molar-refractivity contribution in [2.24, 2.45) is 0 Å². The monoisotopic (exact) mass is 289 g/mol. The summed E-state index contributed by atoms with van der Waals surface area (Å²) in [5, 5.41) is 0. The highest BCUT2D eigenvalue weighted by Crippen LogP contribution is 2.41. The molecule has 114 valence electrons. The predicted octanol–water partition coefficient (Wildman–Crippen LogP) is 2.75. The van der Waals surface area contributed by atoms with Gasteiger partial charge >= 0.3 is 0 Å². The summed E-state index contributed by atoms with van der Waals surface area (Å²) in [7, 11) is 1.68. The van der Waals surface area contributed by atoms with Gasteiger partial charge in [0.15, 0.2) is 11.5 Å². The van der Waals surface area contributed by atoms with Crippen molar-refractivity contribution < 1.29 is 14.3 Å². The minimum atomic E-state index is 0.227. The van der Waals surface area contributed by atoms with Gasteiger partial charge in [-0.3, -0.25) is 9.69 Å². The van der Waals surface area contributed by atoms with Crippen LogP contribution in [0.5, 0.6) is 11.5 Å². The first-order chi connectivity index (χ1) is 10.2. The Balaban J connectivity index is 1.96. The zero-order chi connectivity index (χ0) is 14.8. The first-order valence-corrected chi connectivity index (χ1v) is 7.82. The van der Waals surface area contributed by atoms with E-state index in [2.05, 4.69) is 24.0 Å². The van der Waals surface area contributed by atoms with Gasteiger partial charge in [-0.05, 0) is 36.1 Å². The summed E-state index contributed by atoms with van der Waals surface area (Å²) in [6.07, 6.45) is 3.31. The first-order valence-electron chi connectivity index (χ1n) is 7.82. The molecule has 1 aromatic carbocycles. The smallest absolute Gasteiger partial charge is 0.161 e. The lowest BCUT2D eigenvalue weighted by molar-refractivity contribution is -0.123. The molecule has 0 aliphatic carbocycles. The van der Waals surface area contributed by atoms with Crippen molar-refractivity contribution in [1.29, 1.82) is 0 Å². The number of benzene rings is 1. The number of hydrogen-bond donors (Lipinski definition) is 0. The number of piperidine rings is 1. The average Bonchev–Trinajstić information content (AvgIpc) is 2.51. The van der Waals surface area contributed by atoms with Crippen LogP contribution in [0.15, 0.2) is 12.1 Å². The third-order valence-electron chi connectivity index (χ3n) is 4.45. The molecule has 3 rings (SSSR count). The number of hydrogen-bond acceptors (Lipinski definition) is 4. The molecule has 0 N–H and O–H groups in total. The quantitative estimate of drug-likeness (QED) is 0.854. The Morgan fingerprint density at radius 2 is 2.05 bits per heavy atom. The van der Waals surface area contributed by atoms with Gasteiger partial charge in [-0.1, -0.05) is 6.92 Å². The van der Waals surface area contributed by atoms with Crippen LogP contribution in [0.2, 0.25) is 0 Å². The molecule has 2 aliphatic rings. The number of ketones is 1. The Kier molecular flexibility index (Phi) is 4.15. The van der Waals surface area contributed by atoms with Gasteiger partial charge in [0.05, 0.1) is 13.7 Å². The summed E-state index contributed by atoms with van der Waals surface area (Å²) in [6.45, 7) is 4.69. The minimum Gasteiger partial charge on any atom is -0.493 e. The summed E-state index contributed by atoms with van der Waals surface area (Å²) in [5.74, 6) is 1.98. The Hall–Kier alpha value is -1.55. The Morgan fingerprint density at radius 1 is 1.24 bits per heavy atom. The van der Waals surface area contributed by atoms with Crippen LogP contribution in [0.1, 0.15) is 43.4 Å². The fraction of sp³-hybridized carbons (Fsp3) is 0.588. The van der Waals surface area contributed by atoms with E-state index in [9.17, 15) is 4.79 Å². The molecule has 0 spiro atoms. The molecule has 1 aromatic rings. The lowest BCUT2D eigenvalue weighted by Gasteiger charge is -2.40. The van der Waals surface area contributed by atoms with Crippen molar-refractivity contribution >= 4 is 5.78 Å². The third-order valence-corrected chi connectivity index (χ3v) is 4.45. The molecule has 1 fully saturated rings. The molecule has 0 amide bonds. The summed E-state index contributed by atoms with van der Waals surface area (Å²) in [5.41, 5.74) is 2.55. The summed E-state index contributed by atoms with van der Waals surface area (Å²) < 4.78 is 11.3. The molecule has 4 nitrogen and oxygen atoms in total. The molecule has 0 saturated carbocycles. The predicted molar refractivity (Wildman–Crippen MR) is 81.0 cm³/mol. The molecule has 1 saturated heterocycles. The Labute approximate surface area is 126 Å². The standard InChI is InChI=1S/C17H23NO3/c1-3-8-21-17-11-14-12(9-16(17)20-2)4-6-18-7-5-13(19)10-15(14)18/h9,11,15H,3-8,10H2,1-2H3/t15-/m0/s1. The zero-order valence-corrected chi connectivity index (χ0v) is 12.9. The zero-order valence-electron chi connectivity index (χ0n) is 12.9. The second-order valence-electron chi connectivity index (χ2n) is 5.84. The first kappa shape index (κ1) is 14.4. The summed E-state index contributed by atoms with van der Waals surface area (Å²) >= 11 is 0. The number of carbonyl (C=O) groups excluding carboxylic acids is 1. The van der Waals surface area contributed by atoms with Crippen molar-refractivity contribution in [3.8, 4) is 11.5 Å². The van der Waals surface area contributed by atoms with Crippen molar-refractivity contribution in [1.82, 2.24) is 4.90 Å². The summed E-state index contributed by atoms with van der Waals surface area (Å²) in [4.78, 5) is 14.3. The lowest BCUT2D eigenvalue weighted by Crippen LogP contribution is -2.41. The van der Waals surface area contributed by atoms with Gasteiger partial charge in [-0.25, -0.2) is 0 Å². The molecule has 2 heterocycles. The molecule has 0 unspecified atom stereocenters. The van der Waals surface area contributed by atoms with Gasteiger partial charge in [-0.15, -0.1) is 0 Å². The van der Waals surface area contributed by atoms with Crippen LogP contribution in [0.3, 0.4) is 0 Å². The van der Waals surface area contributed by atoms with Crippen molar-refractivity contribution in [2.75, 3.05) is 26.8 Å². The van der Waals surface area contributed by atoms with E-state index in [-0.39, 0.29) is 6.04 Å². The van der Waals surface area contributed by atoms with E-state index < -0.39 is 0 Å². The van der Waals surface area contributed by atoms with Crippen molar-refractivity contribution in [3.05, 3.63) is 23.3 Å². The Bertz CT molecular complexity index is 541. The van der Waals surface area contributed by atoms with Crippen LogP contribution >= 0.6 is 0 Å². The maximum Gasteiger partial charge on any atom is 0.161 e. The fourth-order valence-electron chi connectivity index (χ4n) is 3.34. The molecule has 1 atom stereocenters. The highest BCUT2D eigenvalue weighted by Gasteiger charge is 2.33. The summed E-state index contributed by atoms with van der Waals surface area (Å²) in [6, 6.07) is 4.42. The van der Waals surface area contributed by atoms with E-state index >= 15 is 0 Å². The molecular formula is C17H23NO3. The third kappa shape index (κ3) is 2.77. The second kappa shape index (κ2) is 6.06. The molecule has 2 aliphatic heterocycles. The van der Waals surface area contributed by atoms with Gasteiger partial charge in [0.1, 0.15) is 5.78 Å². The van der Waals surface area contributed by atoms with Gasteiger partial charge in [0.2, 0.25) is 0 Å². The van der Waals surface area contributed by atoms with E-state index in [0.29, 0.717) is 25.2 Å². The number of nitrogens with zero attached hydrogens (tertiary/aromatic N) is 1. The molecule has 0 radical (unpaired) electrons. The van der Waals surface area contributed by atoms with Gasteiger partial charge in [-0.2, -0.15) is 0 Å². The molecule has 0 bridgehead atoms. The van der Waals surface area contributed by atoms with Crippen LogP contribution < -0.4 is 9.47 Å². The van der Waals surface area contributed by atoms with Crippen molar-refractivity contribution in [3.63, 3.8) is 0 Å². The fourth-order valence-corrected chi connectivity index (χ4v) is 3.34. The number of carbonyl (C=O) groups is 1. The maximum absolute atomic E-state index is 11.8. The highest BCUT2D eigenvalue weighted by molar-refractivity contribution is 5.80. The topological polar surface area (TPSA) is 38.8 Å². The SMILES string of the molecule is CCCOc1cc2c(cc1OC)CCN1CCC(=O)C[C@@H]21. The van der Waals surface area contributed by atoms with Gasteiger partial charge in [0, 0.05) is 32.0 Å². The number of methoxy groups -OCH3 is 1. The van der Waals surface area contributed by atoms with Crippen molar-refractivity contribution in [2.45, 2.75) is 38.6 Å². The van der Waals surface area contributed by atoms with E-state index in [1.165, 1.54) is 11.1 Å². The van der Waals surface area contributed by atoms with Crippen LogP contribution in [0.25, 0.3) is 0 Å². The molecule has 21 heavy (non-hydrogen) atoms. The van der Waals surface area contributed by atoms with E-state index in [4.69, 9.17) is 9.47 Å². The lowest BCUT2D eigenvalue weighted by atomic mass is 9.86. The van der Waals surface area contributed by atoms with Crippen LogP contribution in [-0.4, -0.2) is 37.5 Å². The second-order valence-corrected chi connectivity index (χ2v) is 5.84. The van der Waals surface area contributed by atoms with E-state index in [1.807, 2.05) is 0 Å². The maximum atomic E-state index is 11.8. The largest absolute Gasteiger partial charge is 0.493 e. The van der Waals surface area contributed by atoms with E-state index in [0.717, 1.165) is 37.4 Å². The average molecular weight is 289 g/mol. The minimum absolute atomic E-state index is 0.227. The molecule has 4 heteroatoms. The number of fused-ring (bicyclic) bond motifs is 3. The normalized spacial score (nSPS) is 21.6. The number of rotatable bonds is 4. The van der Waals surface area contributed by atoms with E-state index in [1.54, 1.807) is 7.11 Å². The molecule has 0 aromatic heterocycles. The van der Waals surface area contributed by atoms with Crippen LogP contribution in [-0.2, 0) is 11.2 Å². The molecular weight excluding hydrogens is 266 g/mol. The number of Topliss-reactive ketones (excluding diaryl/α,β-unsaturated/α-hetero) is 1. The van der Waals surface area contributed by atoms with Crippen LogP contribution in [0.4, 0.5) is 0 Å². The Morgan fingerprint density at radius 3 is 2.81 bits per heavy atom. The van der Waals surface area contributed by atoms with Gasteiger partial charge in [0.25, 0.3) is 0 Å². The highest BCUT2D eigenvalue weighted by atomic mass is 16.5. The number of ether oxygens (including phenoxy) is 2. The van der Waals surface area contributed by atoms with Crippen LogP contribution in [0, 0.1) is 0 Å².